The molecule has 2 aliphatic heterocycles. The van der Waals surface area contributed by atoms with Crippen LogP contribution in [0.4, 0.5) is 11.4 Å². The average Bonchev–Trinajstić information content (AvgIpc) is 3.75. The van der Waals surface area contributed by atoms with E-state index < -0.39 is 11.9 Å². The zero-order chi connectivity index (χ0) is 35.5. The van der Waals surface area contributed by atoms with Crippen LogP contribution in [0.5, 0.6) is 0 Å². The van der Waals surface area contributed by atoms with Crippen molar-refractivity contribution in [3.63, 3.8) is 0 Å². The molecule has 0 atom stereocenters. The molecule has 0 aliphatic carbocycles. The molecule has 6 heterocycles. The summed E-state index contributed by atoms with van der Waals surface area (Å²) in [7, 11) is 1.35. The van der Waals surface area contributed by atoms with Crippen LogP contribution in [-0.4, -0.2) is 101 Å². The van der Waals surface area contributed by atoms with Gasteiger partial charge < -0.3 is 29.7 Å². The Morgan fingerprint density at radius 1 is 0.686 bits per heavy atom. The summed E-state index contributed by atoms with van der Waals surface area (Å²) in [6.45, 7) is 6.17. The second-order valence-electron chi connectivity index (χ2n) is 11.7. The van der Waals surface area contributed by atoms with E-state index in [1.165, 1.54) is 7.11 Å². The number of nitrogens with zero attached hydrogens (tertiary/aromatic N) is 8. The molecular weight excluding hydrogens is 786 g/mol. The number of carbonyl (C=O) groups is 2. The molecule has 0 radical (unpaired) electrons. The molecule has 262 valence electrons. The highest BCUT2D eigenvalue weighted by atomic mass is 79.9. The van der Waals surface area contributed by atoms with E-state index in [0.29, 0.717) is 48.5 Å². The first-order valence-electron chi connectivity index (χ1n) is 16.1. The van der Waals surface area contributed by atoms with Crippen LogP contribution >= 0.6 is 31.9 Å². The van der Waals surface area contributed by atoms with Gasteiger partial charge in [0.2, 0.25) is 0 Å². The Hall–Kier alpha value is -4.90. The van der Waals surface area contributed by atoms with Gasteiger partial charge in [0.15, 0.2) is 22.7 Å². The van der Waals surface area contributed by atoms with Gasteiger partial charge in [-0.1, -0.05) is 31.9 Å². The van der Waals surface area contributed by atoms with Gasteiger partial charge in [0, 0.05) is 58.9 Å². The fraction of sp³-hybridized carbons (Fsp3) is 0.257. The first-order chi connectivity index (χ1) is 24.8. The van der Waals surface area contributed by atoms with Crippen LogP contribution in [0.1, 0.15) is 21.0 Å². The number of anilines is 2. The molecule has 0 bridgehead atoms. The topological polar surface area (TPSA) is 156 Å². The maximum absolute atomic E-state index is 12.1. The molecule has 2 aliphatic rings. The molecule has 16 heteroatoms. The van der Waals surface area contributed by atoms with E-state index in [2.05, 4.69) is 74.0 Å². The van der Waals surface area contributed by atoms with Gasteiger partial charge in [-0.05, 0) is 60.7 Å². The van der Waals surface area contributed by atoms with Crippen molar-refractivity contribution in [3.05, 3.63) is 93.4 Å². The summed E-state index contributed by atoms with van der Waals surface area (Å²) >= 11 is 7.14. The highest BCUT2D eigenvalue weighted by Gasteiger charge is 2.22. The fourth-order valence-electron chi connectivity index (χ4n) is 6.06. The standard InChI is InChI=1S/C18H17BrN4O3.C17H16BrN5O2/c1-25-18(24)16-15-3-2-4-20-17(15)23(21-16)14-10-12(19)9-13(11-14)22-5-7-26-8-6-22;18-11-8-12(22-4-6-25-7-5-22)10-13(9-11)23-17-14(2-1-3-20-17)15(21-23)16(19)24/h2-4,9-11H,5-8H2,1H3;1-3,8-10H,4-7H2,(H2,19,24). The van der Waals surface area contributed by atoms with Crippen LogP contribution in [0, 0.1) is 0 Å². The molecular formula is C35H33Br2N9O5. The van der Waals surface area contributed by atoms with Gasteiger partial charge in [-0.2, -0.15) is 10.2 Å². The second-order valence-corrected chi connectivity index (χ2v) is 13.5. The number of aromatic nitrogens is 6. The van der Waals surface area contributed by atoms with Crippen molar-refractivity contribution in [1.82, 2.24) is 29.5 Å². The summed E-state index contributed by atoms with van der Waals surface area (Å²) in [6.07, 6.45) is 3.36. The lowest BCUT2D eigenvalue weighted by atomic mass is 10.2. The Morgan fingerprint density at radius 3 is 1.57 bits per heavy atom. The van der Waals surface area contributed by atoms with Crippen LogP contribution < -0.4 is 15.5 Å². The number of pyridine rings is 2. The predicted octanol–water partition coefficient (Wildman–Crippen LogP) is 4.92. The number of halogens is 2. The van der Waals surface area contributed by atoms with E-state index in [4.69, 9.17) is 19.9 Å². The van der Waals surface area contributed by atoms with Gasteiger partial charge in [0.05, 0.1) is 55.7 Å². The Bertz CT molecular complexity index is 2230. The minimum Gasteiger partial charge on any atom is -0.464 e. The molecule has 14 nitrogen and oxygen atoms in total. The quantitative estimate of drug-likeness (QED) is 0.228. The zero-order valence-electron chi connectivity index (χ0n) is 27.5. The Kier molecular flexibility index (Phi) is 10.3. The third-order valence-electron chi connectivity index (χ3n) is 8.47. The van der Waals surface area contributed by atoms with Gasteiger partial charge >= 0.3 is 5.97 Å². The van der Waals surface area contributed by atoms with Crippen LogP contribution in [0.15, 0.2) is 82.0 Å². The van der Waals surface area contributed by atoms with Crippen molar-refractivity contribution in [2.45, 2.75) is 0 Å². The summed E-state index contributed by atoms with van der Waals surface area (Å²) in [5, 5.41) is 10.2. The maximum Gasteiger partial charge on any atom is 0.359 e. The first-order valence-corrected chi connectivity index (χ1v) is 17.7. The van der Waals surface area contributed by atoms with Crippen LogP contribution in [0.3, 0.4) is 0 Å². The van der Waals surface area contributed by atoms with E-state index in [1.807, 2.05) is 30.3 Å². The predicted molar refractivity (Wildman–Crippen MR) is 199 cm³/mol. The molecule has 1 amide bonds. The lowest BCUT2D eigenvalue weighted by Gasteiger charge is -2.29. The number of nitrogens with two attached hydrogens (primary N) is 1. The average molecular weight is 820 g/mol. The lowest BCUT2D eigenvalue weighted by molar-refractivity contribution is 0.0595. The monoisotopic (exact) mass is 817 g/mol. The van der Waals surface area contributed by atoms with E-state index in [9.17, 15) is 9.59 Å². The molecule has 51 heavy (non-hydrogen) atoms. The number of carbonyl (C=O) groups excluding carboxylic acids is 2. The summed E-state index contributed by atoms with van der Waals surface area (Å²) in [6, 6.07) is 19.2. The molecule has 2 saturated heterocycles. The number of hydrogen-bond donors (Lipinski definition) is 1. The van der Waals surface area contributed by atoms with Crippen LogP contribution in [0.2, 0.25) is 0 Å². The first kappa shape index (κ1) is 34.5. The number of amides is 1. The Labute approximate surface area is 309 Å². The van der Waals surface area contributed by atoms with Gasteiger partial charge in [-0.15, -0.1) is 0 Å². The number of primary amides is 1. The van der Waals surface area contributed by atoms with Crippen molar-refractivity contribution in [1.29, 1.82) is 0 Å². The van der Waals surface area contributed by atoms with E-state index >= 15 is 0 Å². The number of benzene rings is 2. The van der Waals surface area contributed by atoms with Crippen molar-refractivity contribution < 1.29 is 23.8 Å². The van der Waals surface area contributed by atoms with Gasteiger partial charge in [0.25, 0.3) is 5.91 Å². The molecule has 2 aromatic carbocycles. The SMILES string of the molecule is COC(=O)c1nn(-c2cc(Br)cc(N3CCOCC3)c2)c2ncccc12.NC(=O)c1nn(-c2cc(Br)cc(N3CCOCC3)c2)c2ncccc12. The maximum atomic E-state index is 12.1. The minimum absolute atomic E-state index is 0.219. The second kappa shape index (κ2) is 15.1. The largest absolute Gasteiger partial charge is 0.464 e. The summed E-state index contributed by atoms with van der Waals surface area (Å²) < 4.78 is 20.9. The number of rotatable bonds is 6. The minimum atomic E-state index is -0.569. The van der Waals surface area contributed by atoms with E-state index in [0.717, 1.165) is 57.9 Å². The summed E-state index contributed by atoms with van der Waals surface area (Å²) in [5.74, 6) is -1.05. The van der Waals surface area contributed by atoms with Crippen molar-refractivity contribution >= 4 is 77.2 Å². The van der Waals surface area contributed by atoms with E-state index in [-0.39, 0.29) is 11.4 Å². The molecule has 0 unspecified atom stereocenters. The summed E-state index contributed by atoms with van der Waals surface area (Å²) in [5.41, 5.74) is 10.9. The molecule has 0 spiro atoms. The number of morpholine rings is 2. The highest BCUT2D eigenvalue weighted by Crippen LogP contribution is 2.30. The highest BCUT2D eigenvalue weighted by molar-refractivity contribution is 9.10. The van der Waals surface area contributed by atoms with Gasteiger partial charge in [-0.25, -0.2) is 24.1 Å². The van der Waals surface area contributed by atoms with Crippen molar-refractivity contribution in [2.75, 3.05) is 69.5 Å². The van der Waals surface area contributed by atoms with Crippen LogP contribution in [-0.2, 0) is 14.2 Å². The van der Waals surface area contributed by atoms with E-state index in [1.54, 1.807) is 40.0 Å². The van der Waals surface area contributed by atoms with Crippen molar-refractivity contribution in [3.8, 4) is 11.4 Å². The number of fused-ring (bicyclic) bond motifs is 2. The Morgan fingerprint density at radius 2 is 1.12 bits per heavy atom. The molecule has 0 saturated carbocycles. The fourth-order valence-corrected chi connectivity index (χ4v) is 7.00. The molecule has 2 fully saturated rings. The number of hydrogen-bond acceptors (Lipinski definition) is 11. The van der Waals surface area contributed by atoms with Crippen molar-refractivity contribution in [2.24, 2.45) is 5.73 Å². The zero-order valence-corrected chi connectivity index (χ0v) is 30.7. The number of methoxy groups -OCH3 is 1. The Balaban J connectivity index is 0.000000159. The van der Waals surface area contributed by atoms with Gasteiger partial charge in [0.1, 0.15) is 0 Å². The normalized spacial score (nSPS) is 14.7. The molecule has 8 rings (SSSR count). The smallest absolute Gasteiger partial charge is 0.359 e. The lowest BCUT2D eigenvalue weighted by Crippen LogP contribution is -2.36. The summed E-state index contributed by atoms with van der Waals surface area (Å²) in [4.78, 5) is 37.1. The van der Waals surface area contributed by atoms with Gasteiger partial charge in [-0.3, -0.25) is 4.79 Å². The number of ether oxygens (including phenoxy) is 3. The molecule has 6 aromatic rings. The van der Waals surface area contributed by atoms with Crippen LogP contribution in [0.25, 0.3) is 33.4 Å². The molecule has 4 aromatic heterocycles. The third kappa shape index (κ3) is 7.30. The number of esters is 1. The molecule has 2 N–H and O–H groups in total. The third-order valence-corrected chi connectivity index (χ3v) is 9.39.